The van der Waals surface area contributed by atoms with Gasteiger partial charge in [0.25, 0.3) is 0 Å². The number of hydrogen-bond donors (Lipinski definition) is 0. The Balaban J connectivity index is 1.76. The molecule has 0 unspecified atom stereocenters. The number of amides is 1. The summed E-state index contributed by atoms with van der Waals surface area (Å²) in [5, 5.41) is 0. The highest BCUT2D eigenvalue weighted by atomic mass is 35.5. The third-order valence-electron chi connectivity index (χ3n) is 3.88. The van der Waals surface area contributed by atoms with Crippen LogP contribution in [0.15, 0.2) is 37.4 Å². The van der Waals surface area contributed by atoms with Gasteiger partial charge < -0.3 is 4.90 Å². The van der Waals surface area contributed by atoms with Crippen molar-refractivity contribution in [3.05, 3.63) is 46.7 Å². The molecule has 1 aliphatic heterocycles. The molecule has 1 aromatic heterocycles. The Labute approximate surface area is 147 Å². The lowest BCUT2D eigenvalue weighted by molar-refractivity contribution is -0.131. The third-order valence-corrected chi connectivity index (χ3v) is 5.10. The molecule has 126 valence electrons. The number of carbonyl (C=O) groups excluding carboxylic acids is 1. The van der Waals surface area contributed by atoms with Gasteiger partial charge in [0.2, 0.25) is 5.91 Å². The highest BCUT2D eigenvalue weighted by Crippen LogP contribution is 2.23. The number of carbonyl (C=O) groups is 1. The number of hydrogen-bond acceptors (Lipinski definition) is 4. The topological polar surface area (TPSA) is 26.8 Å². The summed E-state index contributed by atoms with van der Waals surface area (Å²) >= 11 is 7.61. The second-order valence-electron chi connectivity index (χ2n) is 5.63. The molecule has 0 radical (unpaired) electrons. The van der Waals surface area contributed by atoms with E-state index in [-0.39, 0.29) is 5.91 Å². The molecular formula is C17H24ClN3OS. The van der Waals surface area contributed by atoms with Crippen molar-refractivity contribution in [1.29, 1.82) is 0 Å². The lowest BCUT2D eigenvalue weighted by atomic mass is 10.3. The molecule has 2 rings (SSSR count). The van der Waals surface area contributed by atoms with Crippen LogP contribution in [0.5, 0.6) is 0 Å². The molecule has 0 N–H and O–H groups in total. The highest BCUT2D eigenvalue weighted by molar-refractivity contribution is 7.16. The lowest BCUT2D eigenvalue weighted by Gasteiger charge is -2.35. The first-order valence-corrected chi connectivity index (χ1v) is 9.00. The van der Waals surface area contributed by atoms with Crippen molar-refractivity contribution >= 4 is 28.8 Å². The van der Waals surface area contributed by atoms with E-state index in [1.807, 2.05) is 6.07 Å². The molecule has 2 heterocycles. The Morgan fingerprint density at radius 3 is 2.30 bits per heavy atom. The van der Waals surface area contributed by atoms with Gasteiger partial charge in [0, 0.05) is 50.7 Å². The zero-order valence-corrected chi connectivity index (χ0v) is 15.0. The first kappa shape index (κ1) is 18.2. The molecule has 0 aliphatic carbocycles. The normalized spacial score (nSPS) is 16.2. The minimum absolute atomic E-state index is 0.142. The molecule has 0 aromatic carbocycles. The van der Waals surface area contributed by atoms with E-state index in [1.165, 1.54) is 4.88 Å². The van der Waals surface area contributed by atoms with E-state index in [1.54, 1.807) is 28.4 Å². The summed E-state index contributed by atoms with van der Waals surface area (Å²) in [4.78, 5) is 20.0. The summed E-state index contributed by atoms with van der Waals surface area (Å²) in [6, 6.07) is 4.04. The Bertz CT molecular complexity index is 528. The Morgan fingerprint density at radius 2 is 1.78 bits per heavy atom. The van der Waals surface area contributed by atoms with Gasteiger partial charge in [-0.25, -0.2) is 0 Å². The average molecular weight is 354 g/mol. The molecule has 1 aromatic rings. The van der Waals surface area contributed by atoms with Gasteiger partial charge in [0.15, 0.2) is 0 Å². The van der Waals surface area contributed by atoms with E-state index in [4.69, 9.17) is 11.6 Å². The summed E-state index contributed by atoms with van der Waals surface area (Å²) in [6.45, 7) is 13.8. The number of piperazine rings is 1. The maximum absolute atomic E-state index is 12.3. The Kier molecular flexibility index (Phi) is 7.30. The van der Waals surface area contributed by atoms with E-state index in [0.29, 0.717) is 19.6 Å². The first-order valence-electron chi connectivity index (χ1n) is 7.81. The maximum atomic E-state index is 12.3. The molecule has 0 atom stereocenters. The minimum atomic E-state index is 0.142. The largest absolute Gasteiger partial charge is 0.334 e. The fourth-order valence-corrected chi connectivity index (χ4v) is 3.77. The maximum Gasteiger partial charge on any atom is 0.237 e. The molecular weight excluding hydrogens is 330 g/mol. The summed E-state index contributed by atoms with van der Waals surface area (Å²) in [7, 11) is 0. The van der Waals surface area contributed by atoms with Gasteiger partial charge in [-0.1, -0.05) is 23.8 Å². The van der Waals surface area contributed by atoms with Crippen LogP contribution in [0.4, 0.5) is 0 Å². The molecule has 1 fully saturated rings. The molecule has 1 amide bonds. The van der Waals surface area contributed by atoms with Crippen molar-refractivity contribution in [2.24, 2.45) is 0 Å². The van der Waals surface area contributed by atoms with E-state index in [2.05, 4.69) is 29.0 Å². The number of thiophene rings is 1. The predicted octanol–water partition coefficient (Wildman–Crippen LogP) is 2.72. The van der Waals surface area contributed by atoms with Crippen molar-refractivity contribution in [1.82, 2.24) is 14.7 Å². The lowest BCUT2D eigenvalue weighted by Crippen LogP contribution is -2.49. The van der Waals surface area contributed by atoms with Crippen molar-refractivity contribution in [2.75, 3.05) is 45.8 Å². The van der Waals surface area contributed by atoms with E-state index < -0.39 is 0 Å². The molecule has 4 nitrogen and oxygen atoms in total. The smallest absolute Gasteiger partial charge is 0.237 e. The minimum Gasteiger partial charge on any atom is -0.334 e. The fraction of sp³-hybridized carbons (Fsp3) is 0.471. The highest BCUT2D eigenvalue weighted by Gasteiger charge is 2.21. The number of halogens is 1. The fourth-order valence-electron chi connectivity index (χ4n) is 2.64. The molecule has 6 heteroatoms. The molecule has 23 heavy (non-hydrogen) atoms. The summed E-state index contributed by atoms with van der Waals surface area (Å²) in [5.74, 6) is 0.142. The summed E-state index contributed by atoms with van der Waals surface area (Å²) < 4.78 is 0.841. The summed E-state index contributed by atoms with van der Waals surface area (Å²) in [5.41, 5.74) is 0. The van der Waals surface area contributed by atoms with E-state index in [9.17, 15) is 4.79 Å². The van der Waals surface area contributed by atoms with Crippen LogP contribution in [-0.4, -0.2) is 66.4 Å². The van der Waals surface area contributed by atoms with Gasteiger partial charge in [-0.15, -0.1) is 24.5 Å². The van der Waals surface area contributed by atoms with Gasteiger partial charge in [0.05, 0.1) is 10.9 Å². The van der Waals surface area contributed by atoms with Gasteiger partial charge in [-0.3, -0.25) is 14.6 Å². The van der Waals surface area contributed by atoms with Gasteiger partial charge in [-0.05, 0) is 12.1 Å². The standard InChI is InChI=1S/C17H24ClN3OS/c1-3-7-21(8-4-2)17(22)14-20-11-9-19(10-12-20)13-15-5-6-16(18)23-15/h3-6H,1-2,7-14H2. The van der Waals surface area contributed by atoms with Crippen LogP contribution < -0.4 is 0 Å². The van der Waals surface area contributed by atoms with Crippen LogP contribution in [0.25, 0.3) is 0 Å². The first-order chi connectivity index (χ1) is 11.1. The van der Waals surface area contributed by atoms with Crippen molar-refractivity contribution < 1.29 is 4.79 Å². The van der Waals surface area contributed by atoms with Crippen LogP contribution in [-0.2, 0) is 11.3 Å². The molecule has 0 saturated carbocycles. The van der Waals surface area contributed by atoms with Crippen LogP contribution >= 0.6 is 22.9 Å². The predicted molar refractivity (Wildman–Crippen MR) is 98.0 cm³/mol. The summed E-state index contributed by atoms with van der Waals surface area (Å²) in [6.07, 6.45) is 3.51. The second-order valence-corrected chi connectivity index (χ2v) is 7.43. The number of rotatable bonds is 8. The second kappa shape index (κ2) is 9.23. The molecule has 0 bridgehead atoms. The van der Waals surface area contributed by atoms with Crippen molar-refractivity contribution in [3.63, 3.8) is 0 Å². The third kappa shape index (κ3) is 5.77. The van der Waals surface area contributed by atoms with Crippen LogP contribution in [0.1, 0.15) is 4.88 Å². The number of nitrogens with zero attached hydrogens (tertiary/aromatic N) is 3. The van der Waals surface area contributed by atoms with Crippen molar-refractivity contribution in [3.8, 4) is 0 Å². The van der Waals surface area contributed by atoms with E-state index >= 15 is 0 Å². The van der Waals surface area contributed by atoms with Crippen LogP contribution in [0.3, 0.4) is 0 Å². The van der Waals surface area contributed by atoms with Crippen LogP contribution in [0.2, 0.25) is 4.34 Å². The molecule has 1 saturated heterocycles. The zero-order chi connectivity index (χ0) is 16.7. The average Bonchev–Trinajstić information content (AvgIpc) is 2.94. The zero-order valence-electron chi connectivity index (χ0n) is 13.4. The molecule has 1 aliphatic rings. The Morgan fingerprint density at radius 1 is 1.17 bits per heavy atom. The van der Waals surface area contributed by atoms with Gasteiger partial charge >= 0.3 is 0 Å². The monoisotopic (exact) mass is 353 g/mol. The molecule has 0 spiro atoms. The van der Waals surface area contributed by atoms with Gasteiger partial charge in [0.1, 0.15) is 0 Å². The van der Waals surface area contributed by atoms with Gasteiger partial charge in [-0.2, -0.15) is 0 Å². The van der Waals surface area contributed by atoms with Crippen molar-refractivity contribution in [2.45, 2.75) is 6.54 Å². The SMILES string of the molecule is C=CCN(CC=C)C(=O)CN1CCN(Cc2ccc(Cl)s2)CC1. The van der Waals surface area contributed by atoms with E-state index in [0.717, 1.165) is 37.1 Å². The Hall–Kier alpha value is -1.14. The quantitative estimate of drug-likeness (QED) is 0.672. The van der Waals surface area contributed by atoms with Crippen LogP contribution in [0, 0.1) is 0 Å².